The van der Waals surface area contributed by atoms with Gasteiger partial charge < -0.3 is 10.4 Å². The minimum Gasteiger partial charge on any atom is -0.480 e. The molecule has 1 heterocycles. The Bertz CT molecular complexity index is 511. The summed E-state index contributed by atoms with van der Waals surface area (Å²) in [4.78, 5) is 23.2. The van der Waals surface area contributed by atoms with Crippen LogP contribution < -0.4 is 5.32 Å². The van der Waals surface area contributed by atoms with Gasteiger partial charge in [0.2, 0.25) is 5.91 Å². The van der Waals surface area contributed by atoms with Gasteiger partial charge in [0.15, 0.2) is 0 Å². The molecule has 6 nitrogen and oxygen atoms in total. The van der Waals surface area contributed by atoms with Crippen molar-refractivity contribution in [2.45, 2.75) is 39.2 Å². The Morgan fingerprint density at radius 2 is 1.80 bits per heavy atom. The fourth-order valence-electron chi connectivity index (χ4n) is 2.98. The summed E-state index contributed by atoms with van der Waals surface area (Å²) >= 11 is 0. The molecule has 2 atom stereocenters. The van der Waals surface area contributed by atoms with E-state index in [2.05, 4.69) is 5.32 Å². The van der Waals surface area contributed by atoms with Crippen molar-refractivity contribution in [3.8, 4) is 0 Å². The normalized spacial score (nSPS) is 28.1. The van der Waals surface area contributed by atoms with Gasteiger partial charge in [-0.3, -0.25) is 4.79 Å². The number of hydrogen-bond donors (Lipinski definition) is 2. The van der Waals surface area contributed by atoms with Crippen molar-refractivity contribution in [1.82, 2.24) is 5.32 Å². The lowest BCUT2D eigenvalue weighted by molar-refractivity contribution is -0.143. The molecule has 0 aromatic carbocycles. The van der Waals surface area contributed by atoms with Crippen LogP contribution in [0.15, 0.2) is 0 Å². The van der Waals surface area contributed by atoms with Crippen LogP contribution in [-0.2, 0) is 19.4 Å². The first-order valence-electron chi connectivity index (χ1n) is 6.90. The number of hydrogen-bond acceptors (Lipinski definition) is 4. The lowest BCUT2D eigenvalue weighted by Gasteiger charge is -2.23. The quantitative estimate of drug-likeness (QED) is 0.784. The highest BCUT2D eigenvalue weighted by molar-refractivity contribution is 7.91. The van der Waals surface area contributed by atoms with E-state index in [1.165, 1.54) is 0 Å². The van der Waals surface area contributed by atoms with E-state index in [1.54, 1.807) is 13.8 Å². The third kappa shape index (κ3) is 2.97. The minimum absolute atomic E-state index is 0.142. The van der Waals surface area contributed by atoms with Crippen LogP contribution >= 0.6 is 0 Å². The smallest absolute Gasteiger partial charge is 0.326 e. The fraction of sp³-hybridized carbons (Fsp3) is 0.846. The van der Waals surface area contributed by atoms with E-state index < -0.39 is 21.8 Å². The summed E-state index contributed by atoms with van der Waals surface area (Å²) in [7, 11) is -2.94. The van der Waals surface area contributed by atoms with Crippen LogP contribution in [0.25, 0.3) is 0 Å². The molecule has 0 aromatic rings. The zero-order chi connectivity index (χ0) is 15.1. The van der Waals surface area contributed by atoms with E-state index >= 15 is 0 Å². The van der Waals surface area contributed by atoms with Gasteiger partial charge in [0.25, 0.3) is 0 Å². The maximum atomic E-state index is 12.1. The number of nitrogens with one attached hydrogen (secondary N) is 1. The molecule has 2 N–H and O–H groups in total. The number of carbonyl (C=O) groups is 2. The predicted octanol–water partition coefficient (Wildman–Crippen LogP) is 0.427. The average Bonchev–Trinajstić information content (AvgIpc) is 3.04. The van der Waals surface area contributed by atoms with Gasteiger partial charge in [-0.1, -0.05) is 13.8 Å². The van der Waals surface area contributed by atoms with Gasteiger partial charge in [0.05, 0.1) is 11.5 Å². The lowest BCUT2D eigenvalue weighted by atomic mass is 9.95. The first-order chi connectivity index (χ1) is 9.17. The number of sulfone groups is 1. The summed E-state index contributed by atoms with van der Waals surface area (Å²) < 4.78 is 22.8. The molecule has 1 spiro atoms. The summed E-state index contributed by atoms with van der Waals surface area (Å²) in [6.07, 6.45) is 1.72. The molecule has 1 aliphatic heterocycles. The Kier molecular flexibility index (Phi) is 3.83. The number of aliphatic carboxylic acids is 1. The SMILES string of the molecule is CC(C)C(NC(=O)C1CC12CCS(=O)(=O)CC2)C(=O)O. The summed E-state index contributed by atoms with van der Waals surface area (Å²) in [5.41, 5.74) is -0.199. The van der Waals surface area contributed by atoms with Crippen molar-refractivity contribution in [3.63, 3.8) is 0 Å². The number of carboxylic acid groups (broad SMARTS) is 1. The Labute approximate surface area is 118 Å². The number of carboxylic acids is 1. The molecule has 1 saturated carbocycles. The van der Waals surface area contributed by atoms with E-state index in [4.69, 9.17) is 5.11 Å². The molecule has 1 amide bonds. The zero-order valence-corrected chi connectivity index (χ0v) is 12.6. The summed E-state index contributed by atoms with van der Waals surface area (Å²) in [6, 6.07) is -0.882. The van der Waals surface area contributed by atoms with Crippen molar-refractivity contribution >= 4 is 21.7 Å². The molecule has 1 saturated heterocycles. The highest BCUT2D eigenvalue weighted by Crippen LogP contribution is 2.59. The molecule has 20 heavy (non-hydrogen) atoms. The van der Waals surface area contributed by atoms with E-state index in [9.17, 15) is 18.0 Å². The molecule has 1 aliphatic carbocycles. The van der Waals surface area contributed by atoms with Gasteiger partial charge in [-0.05, 0) is 30.6 Å². The standard InChI is InChI=1S/C13H21NO5S/c1-8(2)10(12(16)17)14-11(15)9-7-13(9)3-5-20(18,19)6-4-13/h8-10H,3-7H2,1-2H3,(H,14,15)(H,16,17). The van der Waals surface area contributed by atoms with Crippen LogP contribution in [0.5, 0.6) is 0 Å². The van der Waals surface area contributed by atoms with E-state index in [-0.39, 0.29) is 34.7 Å². The van der Waals surface area contributed by atoms with Crippen molar-refractivity contribution < 1.29 is 23.1 Å². The van der Waals surface area contributed by atoms with Gasteiger partial charge >= 0.3 is 5.97 Å². The van der Waals surface area contributed by atoms with Crippen molar-refractivity contribution in [1.29, 1.82) is 0 Å². The van der Waals surface area contributed by atoms with Crippen molar-refractivity contribution in [3.05, 3.63) is 0 Å². The van der Waals surface area contributed by atoms with Gasteiger partial charge in [0.1, 0.15) is 15.9 Å². The second kappa shape index (κ2) is 5.02. The number of carbonyl (C=O) groups excluding carboxylic acids is 1. The van der Waals surface area contributed by atoms with Crippen LogP contribution in [0.1, 0.15) is 33.1 Å². The molecule has 114 valence electrons. The molecule has 0 radical (unpaired) electrons. The first kappa shape index (κ1) is 15.3. The first-order valence-corrected chi connectivity index (χ1v) is 8.73. The van der Waals surface area contributed by atoms with Crippen LogP contribution in [0.4, 0.5) is 0 Å². The van der Waals surface area contributed by atoms with Crippen molar-refractivity contribution in [2.75, 3.05) is 11.5 Å². The largest absolute Gasteiger partial charge is 0.480 e. The Hall–Kier alpha value is -1.11. The maximum absolute atomic E-state index is 12.1. The van der Waals surface area contributed by atoms with Crippen LogP contribution in [0.3, 0.4) is 0 Å². The van der Waals surface area contributed by atoms with Crippen LogP contribution in [-0.4, -0.2) is 42.9 Å². The molecule has 2 aliphatic rings. The summed E-state index contributed by atoms with van der Waals surface area (Å²) in [5.74, 6) is -1.40. The van der Waals surface area contributed by atoms with Crippen LogP contribution in [0.2, 0.25) is 0 Å². The molecule has 2 fully saturated rings. The fourth-order valence-corrected chi connectivity index (χ4v) is 4.62. The second-order valence-corrected chi connectivity index (χ2v) is 8.64. The van der Waals surface area contributed by atoms with Gasteiger partial charge in [-0.2, -0.15) is 0 Å². The topological polar surface area (TPSA) is 101 Å². The Morgan fingerprint density at radius 3 is 2.25 bits per heavy atom. The lowest BCUT2D eigenvalue weighted by Crippen LogP contribution is -2.45. The van der Waals surface area contributed by atoms with Crippen molar-refractivity contribution in [2.24, 2.45) is 17.3 Å². The Morgan fingerprint density at radius 1 is 1.25 bits per heavy atom. The maximum Gasteiger partial charge on any atom is 0.326 e. The predicted molar refractivity (Wildman–Crippen MR) is 72.8 cm³/mol. The van der Waals surface area contributed by atoms with E-state index in [1.807, 2.05) is 0 Å². The highest BCUT2D eigenvalue weighted by Gasteiger charge is 2.59. The second-order valence-electron chi connectivity index (χ2n) is 6.34. The number of rotatable bonds is 4. The molecule has 0 bridgehead atoms. The van der Waals surface area contributed by atoms with Gasteiger partial charge in [-0.25, -0.2) is 13.2 Å². The summed E-state index contributed by atoms with van der Waals surface area (Å²) in [6.45, 7) is 3.49. The van der Waals surface area contributed by atoms with E-state index in [0.29, 0.717) is 19.3 Å². The number of amides is 1. The molecule has 0 aromatic heterocycles. The molecular formula is C13H21NO5S. The van der Waals surface area contributed by atoms with E-state index in [0.717, 1.165) is 0 Å². The zero-order valence-electron chi connectivity index (χ0n) is 11.8. The molecule has 7 heteroatoms. The minimum atomic E-state index is -2.94. The van der Waals surface area contributed by atoms with Gasteiger partial charge in [0, 0.05) is 5.92 Å². The average molecular weight is 303 g/mol. The third-order valence-electron chi connectivity index (χ3n) is 4.56. The molecular weight excluding hydrogens is 282 g/mol. The molecule has 2 rings (SSSR count). The van der Waals surface area contributed by atoms with Gasteiger partial charge in [-0.15, -0.1) is 0 Å². The Balaban J connectivity index is 1.95. The third-order valence-corrected chi connectivity index (χ3v) is 6.21. The molecule has 2 unspecified atom stereocenters. The highest BCUT2D eigenvalue weighted by atomic mass is 32.2. The summed E-state index contributed by atoms with van der Waals surface area (Å²) in [5, 5.41) is 11.7. The van der Waals surface area contributed by atoms with Crippen LogP contribution in [0, 0.1) is 17.3 Å². The monoisotopic (exact) mass is 303 g/mol.